The summed E-state index contributed by atoms with van der Waals surface area (Å²) in [6.45, 7) is 3.05. The van der Waals surface area contributed by atoms with Crippen LogP contribution in [0.3, 0.4) is 0 Å². The molecule has 1 aromatic rings. The second-order valence-corrected chi connectivity index (χ2v) is 7.16. The smallest absolute Gasteiger partial charge is 0.123 e. The Morgan fingerprint density at radius 2 is 1.71 bits per heavy atom. The first-order valence-corrected chi connectivity index (χ1v) is 9.32. The molecule has 0 heterocycles. The van der Waals surface area contributed by atoms with E-state index in [1.165, 1.54) is 37.2 Å². The van der Waals surface area contributed by atoms with Gasteiger partial charge in [0.2, 0.25) is 0 Å². The number of aromatic hydroxyl groups is 1. The standard InChI is InChI=1S/C18H31NOS/c1-4-5-6-7-13-21-14-9-12-16-10-8-11-17(18(16)20)15-19(2)3/h8,10-11,20H,4-7,9,12-15H2,1-3H3. The first-order chi connectivity index (χ1) is 10.1. The third-order valence-corrected chi connectivity index (χ3v) is 4.72. The lowest BCUT2D eigenvalue weighted by Gasteiger charge is -2.13. The van der Waals surface area contributed by atoms with E-state index in [0.717, 1.165) is 30.5 Å². The number of hydrogen-bond acceptors (Lipinski definition) is 3. The number of unbranched alkanes of at least 4 members (excludes halogenated alkanes) is 3. The normalized spacial score (nSPS) is 11.2. The Bertz CT molecular complexity index is 393. The topological polar surface area (TPSA) is 23.5 Å². The lowest BCUT2D eigenvalue weighted by atomic mass is 10.0. The lowest BCUT2D eigenvalue weighted by Crippen LogP contribution is -2.11. The van der Waals surface area contributed by atoms with Crippen LogP contribution in [-0.2, 0) is 13.0 Å². The van der Waals surface area contributed by atoms with Crippen LogP contribution in [0.4, 0.5) is 0 Å². The number of phenolic OH excluding ortho intramolecular Hbond substituents is 1. The molecule has 0 unspecified atom stereocenters. The van der Waals surface area contributed by atoms with Gasteiger partial charge in [0, 0.05) is 12.1 Å². The molecule has 0 radical (unpaired) electrons. The molecular weight excluding hydrogens is 278 g/mol. The average Bonchev–Trinajstić information content (AvgIpc) is 2.45. The van der Waals surface area contributed by atoms with Crippen molar-refractivity contribution in [2.24, 2.45) is 0 Å². The van der Waals surface area contributed by atoms with E-state index >= 15 is 0 Å². The van der Waals surface area contributed by atoms with E-state index in [2.05, 4.69) is 35.7 Å². The van der Waals surface area contributed by atoms with Crippen LogP contribution in [-0.4, -0.2) is 35.6 Å². The summed E-state index contributed by atoms with van der Waals surface area (Å²) in [4.78, 5) is 2.09. The minimum absolute atomic E-state index is 0.499. The predicted octanol–water partition coefficient (Wildman–Crippen LogP) is 4.70. The third kappa shape index (κ3) is 7.77. The van der Waals surface area contributed by atoms with Gasteiger partial charge in [-0.3, -0.25) is 0 Å². The van der Waals surface area contributed by atoms with Crippen molar-refractivity contribution < 1.29 is 5.11 Å². The van der Waals surface area contributed by atoms with Crippen molar-refractivity contribution in [3.63, 3.8) is 0 Å². The molecule has 120 valence electrons. The van der Waals surface area contributed by atoms with Crippen LogP contribution in [0.2, 0.25) is 0 Å². The van der Waals surface area contributed by atoms with Gasteiger partial charge in [-0.15, -0.1) is 0 Å². The predicted molar refractivity (Wildman–Crippen MR) is 95.3 cm³/mol. The molecule has 1 N–H and O–H groups in total. The van der Waals surface area contributed by atoms with E-state index < -0.39 is 0 Å². The molecule has 0 amide bonds. The zero-order chi connectivity index (χ0) is 15.5. The summed E-state index contributed by atoms with van der Waals surface area (Å²) < 4.78 is 0. The molecule has 0 aliphatic carbocycles. The highest BCUT2D eigenvalue weighted by molar-refractivity contribution is 7.99. The minimum Gasteiger partial charge on any atom is -0.507 e. The fourth-order valence-corrected chi connectivity index (χ4v) is 3.37. The number of thioether (sulfide) groups is 1. The molecule has 0 spiro atoms. The largest absolute Gasteiger partial charge is 0.507 e. The first-order valence-electron chi connectivity index (χ1n) is 8.17. The first kappa shape index (κ1) is 18.4. The molecule has 0 saturated carbocycles. The molecule has 0 fully saturated rings. The fourth-order valence-electron chi connectivity index (χ4n) is 2.41. The van der Waals surface area contributed by atoms with E-state index in [9.17, 15) is 5.11 Å². The van der Waals surface area contributed by atoms with Gasteiger partial charge in [0.15, 0.2) is 0 Å². The molecular formula is C18H31NOS. The third-order valence-electron chi connectivity index (χ3n) is 3.57. The molecule has 1 aromatic carbocycles. The molecule has 0 aliphatic rings. The Kier molecular flexibility index (Phi) is 9.60. The lowest BCUT2D eigenvalue weighted by molar-refractivity contribution is 0.384. The highest BCUT2D eigenvalue weighted by Crippen LogP contribution is 2.25. The maximum Gasteiger partial charge on any atom is 0.123 e. The van der Waals surface area contributed by atoms with Gasteiger partial charge in [-0.2, -0.15) is 11.8 Å². The van der Waals surface area contributed by atoms with Crippen LogP contribution in [0.5, 0.6) is 5.75 Å². The summed E-state index contributed by atoms with van der Waals surface area (Å²) in [5.74, 6) is 2.98. The van der Waals surface area contributed by atoms with Gasteiger partial charge in [-0.1, -0.05) is 44.4 Å². The molecule has 21 heavy (non-hydrogen) atoms. The molecule has 3 heteroatoms. The molecule has 0 atom stereocenters. The quantitative estimate of drug-likeness (QED) is 0.599. The number of hydrogen-bond donors (Lipinski definition) is 1. The van der Waals surface area contributed by atoms with Gasteiger partial charge < -0.3 is 10.0 Å². The Morgan fingerprint density at radius 1 is 1.00 bits per heavy atom. The summed E-state index contributed by atoms with van der Waals surface area (Å²) >= 11 is 2.05. The highest BCUT2D eigenvalue weighted by atomic mass is 32.2. The monoisotopic (exact) mass is 309 g/mol. The summed E-state index contributed by atoms with van der Waals surface area (Å²) in [5.41, 5.74) is 2.13. The zero-order valence-corrected chi connectivity index (χ0v) is 14.7. The van der Waals surface area contributed by atoms with E-state index in [-0.39, 0.29) is 0 Å². The van der Waals surface area contributed by atoms with Crippen molar-refractivity contribution in [2.75, 3.05) is 25.6 Å². The summed E-state index contributed by atoms with van der Waals surface area (Å²) in [7, 11) is 4.06. The molecule has 1 rings (SSSR count). The molecule has 0 saturated heterocycles. The van der Waals surface area contributed by atoms with Gasteiger partial charge >= 0.3 is 0 Å². The van der Waals surface area contributed by atoms with Crippen molar-refractivity contribution in [1.29, 1.82) is 0 Å². The fraction of sp³-hybridized carbons (Fsp3) is 0.667. The minimum atomic E-state index is 0.499. The average molecular weight is 310 g/mol. The van der Waals surface area contributed by atoms with Crippen molar-refractivity contribution in [3.05, 3.63) is 29.3 Å². The van der Waals surface area contributed by atoms with Gasteiger partial charge in [0.25, 0.3) is 0 Å². The van der Waals surface area contributed by atoms with Crippen molar-refractivity contribution in [2.45, 2.75) is 52.0 Å². The summed E-state index contributed by atoms with van der Waals surface area (Å²) in [6, 6.07) is 6.13. The van der Waals surface area contributed by atoms with Crippen molar-refractivity contribution in [1.82, 2.24) is 4.90 Å². The van der Waals surface area contributed by atoms with E-state index in [1.54, 1.807) is 0 Å². The SMILES string of the molecule is CCCCCCSCCCc1cccc(CN(C)C)c1O. The Balaban J connectivity index is 2.26. The molecule has 2 nitrogen and oxygen atoms in total. The van der Waals surface area contributed by atoms with Crippen LogP contribution < -0.4 is 0 Å². The van der Waals surface area contributed by atoms with Gasteiger partial charge in [-0.25, -0.2) is 0 Å². The van der Waals surface area contributed by atoms with E-state index in [4.69, 9.17) is 0 Å². The maximum absolute atomic E-state index is 10.3. The Morgan fingerprint density at radius 3 is 2.43 bits per heavy atom. The number of nitrogens with zero attached hydrogens (tertiary/aromatic N) is 1. The molecule has 0 aromatic heterocycles. The second kappa shape index (κ2) is 11.0. The van der Waals surface area contributed by atoms with Gasteiger partial charge in [0.1, 0.15) is 5.75 Å². The van der Waals surface area contributed by atoms with Gasteiger partial charge in [-0.05, 0) is 50.4 Å². The van der Waals surface area contributed by atoms with Crippen LogP contribution in [0.15, 0.2) is 18.2 Å². The molecule has 0 bridgehead atoms. The number of rotatable bonds is 11. The van der Waals surface area contributed by atoms with Crippen LogP contribution in [0.1, 0.15) is 50.2 Å². The zero-order valence-electron chi connectivity index (χ0n) is 13.9. The van der Waals surface area contributed by atoms with Crippen LogP contribution >= 0.6 is 11.8 Å². The summed E-state index contributed by atoms with van der Waals surface area (Å²) in [5, 5.41) is 10.3. The maximum atomic E-state index is 10.3. The summed E-state index contributed by atoms with van der Waals surface area (Å²) in [6.07, 6.45) is 7.53. The second-order valence-electron chi connectivity index (χ2n) is 5.94. The number of aryl methyl sites for hydroxylation is 1. The van der Waals surface area contributed by atoms with Crippen LogP contribution in [0.25, 0.3) is 0 Å². The number of benzene rings is 1. The number of phenols is 1. The highest BCUT2D eigenvalue weighted by Gasteiger charge is 2.07. The van der Waals surface area contributed by atoms with Crippen molar-refractivity contribution >= 4 is 11.8 Å². The van der Waals surface area contributed by atoms with Crippen LogP contribution in [0, 0.1) is 0 Å². The van der Waals surface area contributed by atoms with Crippen molar-refractivity contribution in [3.8, 4) is 5.75 Å². The number of para-hydroxylation sites is 1. The molecule has 0 aliphatic heterocycles. The Hall–Kier alpha value is -0.670. The van der Waals surface area contributed by atoms with Gasteiger partial charge in [0.05, 0.1) is 0 Å². The van der Waals surface area contributed by atoms with E-state index in [1.807, 2.05) is 20.2 Å². The van der Waals surface area contributed by atoms with E-state index in [0.29, 0.717) is 5.75 Å². The Labute approximate surface area is 134 Å².